The summed E-state index contributed by atoms with van der Waals surface area (Å²) in [5.41, 5.74) is 3.86. The van der Waals surface area contributed by atoms with E-state index in [2.05, 4.69) is 40.7 Å². The third kappa shape index (κ3) is 2.72. The number of ketones is 2. The highest BCUT2D eigenvalue weighted by Crippen LogP contribution is 2.73. The van der Waals surface area contributed by atoms with E-state index in [4.69, 9.17) is 9.47 Å². The highest BCUT2D eigenvalue weighted by Gasteiger charge is 2.66. The van der Waals surface area contributed by atoms with Crippen LogP contribution in [0.1, 0.15) is 94.6 Å². The zero-order valence-electron chi connectivity index (χ0n) is 22.2. The normalized spacial score (nSPS) is 41.0. The Morgan fingerprint density at radius 3 is 2.32 bits per heavy atom. The van der Waals surface area contributed by atoms with Gasteiger partial charge in [-0.2, -0.15) is 0 Å². The fourth-order valence-corrected chi connectivity index (χ4v) is 8.84. The van der Waals surface area contributed by atoms with Crippen LogP contribution in [0.25, 0.3) is 0 Å². The Bertz CT molecular complexity index is 1130. The highest BCUT2D eigenvalue weighted by atomic mass is 16.5. The molecule has 0 N–H and O–H groups in total. The fraction of sp³-hybridized carbons (Fsp3) is 0.667. The average molecular weight is 465 g/mol. The molecule has 34 heavy (non-hydrogen) atoms. The highest BCUT2D eigenvalue weighted by molar-refractivity contribution is 6.10. The standard InChI is InChI=1S/C30H40O4/c1-17-13-23-27(3,16-21(17)32)9-11-30(6)24-15-20(31)25-18(2)26(34-8)22(33-7)14-19(25)28(24,4)10-12-29(23,30)5/h14-15,17,23H,9-13,16H2,1-8H3/t17-,23-,27+,28+,29+,30-/m1/s1. The third-order valence-corrected chi connectivity index (χ3v) is 11.1. The summed E-state index contributed by atoms with van der Waals surface area (Å²) in [6, 6.07) is 2.06. The molecule has 0 aliphatic heterocycles. The van der Waals surface area contributed by atoms with Crippen molar-refractivity contribution >= 4 is 11.6 Å². The minimum Gasteiger partial charge on any atom is -0.493 e. The molecule has 4 aliphatic rings. The summed E-state index contributed by atoms with van der Waals surface area (Å²) in [4.78, 5) is 26.4. The van der Waals surface area contributed by atoms with E-state index in [-0.39, 0.29) is 33.4 Å². The summed E-state index contributed by atoms with van der Waals surface area (Å²) in [7, 11) is 3.30. The predicted molar refractivity (Wildman–Crippen MR) is 134 cm³/mol. The van der Waals surface area contributed by atoms with E-state index in [9.17, 15) is 9.59 Å². The van der Waals surface area contributed by atoms with E-state index in [0.29, 0.717) is 29.6 Å². The lowest BCUT2D eigenvalue weighted by Gasteiger charge is -2.69. The van der Waals surface area contributed by atoms with E-state index >= 15 is 0 Å². The lowest BCUT2D eigenvalue weighted by molar-refractivity contribution is -0.160. The second kappa shape index (κ2) is 7.21. The SMILES string of the molecule is COc1cc2c(c(C)c1OC)C(=O)C=C1[C@@]2(C)CC[C@@]2(C)[C@@H]3C[C@@H](C)C(=O)C[C@]3(C)CC[C@]12C. The summed E-state index contributed by atoms with van der Waals surface area (Å²) in [6.07, 6.45) is 7.82. The number of benzene rings is 1. The molecule has 6 atom stereocenters. The van der Waals surface area contributed by atoms with Crippen molar-refractivity contribution in [2.24, 2.45) is 28.1 Å². The number of methoxy groups -OCH3 is 2. The number of Topliss-reactive ketones (excluding diaryl/α,β-unsaturated/α-hetero) is 1. The number of hydrogen-bond acceptors (Lipinski definition) is 4. The average Bonchev–Trinajstić information content (AvgIpc) is 2.78. The van der Waals surface area contributed by atoms with E-state index in [1.165, 1.54) is 5.57 Å². The molecule has 0 unspecified atom stereocenters. The molecular weight excluding hydrogens is 424 g/mol. The second-order valence-electron chi connectivity index (χ2n) is 12.7. The van der Waals surface area contributed by atoms with Crippen LogP contribution in [0.15, 0.2) is 17.7 Å². The maximum atomic E-state index is 13.7. The molecule has 0 radical (unpaired) electrons. The van der Waals surface area contributed by atoms with Gasteiger partial charge in [-0.15, -0.1) is 0 Å². The molecular formula is C30H40O4. The number of rotatable bonds is 2. The van der Waals surface area contributed by atoms with Crippen molar-refractivity contribution in [1.82, 2.24) is 0 Å². The van der Waals surface area contributed by atoms with Crippen LogP contribution < -0.4 is 9.47 Å². The van der Waals surface area contributed by atoms with Crippen molar-refractivity contribution in [3.8, 4) is 11.5 Å². The molecule has 0 amide bonds. The van der Waals surface area contributed by atoms with Crippen molar-refractivity contribution in [2.75, 3.05) is 14.2 Å². The van der Waals surface area contributed by atoms with E-state index in [1.54, 1.807) is 14.2 Å². The number of allylic oxidation sites excluding steroid dienone is 2. The molecule has 0 saturated heterocycles. The molecule has 1 aromatic carbocycles. The topological polar surface area (TPSA) is 52.6 Å². The van der Waals surface area contributed by atoms with Crippen molar-refractivity contribution in [2.45, 2.75) is 85.5 Å². The van der Waals surface area contributed by atoms with Gasteiger partial charge in [0.15, 0.2) is 17.3 Å². The van der Waals surface area contributed by atoms with Crippen molar-refractivity contribution < 1.29 is 19.1 Å². The van der Waals surface area contributed by atoms with Crippen LogP contribution in [0.3, 0.4) is 0 Å². The van der Waals surface area contributed by atoms with Gasteiger partial charge in [0.1, 0.15) is 5.78 Å². The van der Waals surface area contributed by atoms with Gasteiger partial charge in [0.05, 0.1) is 14.2 Å². The van der Waals surface area contributed by atoms with Crippen LogP contribution >= 0.6 is 0 Å². The zero-order chi connectivity index (χ0) is 24.8. The van der Waals surface area contributed by atoms with Gasteiger partial charge in [-0.25, -0.2) is 0 Å². The number of fused-ring (bicyclic) bond motifs is 7. The summed E-state index contributed by atoms with van der Waals surface area (Å²) in [5, 5.41) is 0. The Labute approximate surface area is 204 Å². The Kier molecular flexibility index (Phi) is 5.01. The smallest absolute Gasteiger partial charge is 0.186 e. The van der Waals surface area contributed by atoms with E-state index in [0.717, 1.165) is 48.8 Å². The van der Waals surface area contributed by atoms with Gasteiger partial charge in [-0.05, 0) is 84.5 Å². The minimum absolute atomic E-state index is 0.0592. The van der Waals surface area contributed by atoms with Crippen LogP contribution in [0.5, 0.6) is 11.5 Å². The van der Waals surface area contributed by atoms with Crippen molar-refractivity contribution in [3.05, 3.63) is 34.4 Å². The first kappa shape index (κ1) is 23.6. The second-order valence-corrected chi connectivity index (χ2v) is 12.7. The molecule has 4 heteroatoms. The summed E-state index contributed by atoms with van der Waals surface area (Å²) >= 11 is 0. The number of carbonyl (C=O) groups excluding carboxylic acids is 2. The first-order valence-electron chi connectivity index (χ1n) is 12.9. The number of carbonyl (C=O) groups is 2. The molecule has 0 spiro atoms. The zero-order valence-corrected chi connectivity index (χ0v) is 22.2. The Morgan fingerprint density at radius 2 is 1.68 bits per heavy atom. The lowest BCUT2D eigenvalue weighted by Crippen LogP contribution is -2.62. The predicted octanol–water partition coefficient (Wildman–Crippen LogP) is 6.61. The molecule has 1 aromatic rings. The van der Waals surface area contributed by atoms with Gasteiger partial charge in [-0.3, -0.25) is 9.59 Å². The summed E-state index contributed by atoms with van der Waals surface area (Å²) in [5.74, 6) is 2.49. The molecule has 5 rings (SSSR count). The lowest BCUT2D eigenvalue weighted by atomic mass is 9.35. The molecule has 3 saturated carbocycles. The van der Waals surface area contributed by atoms with Crippen LogP contribution in [-0.4, -0.2) is 25.8 Å². The summed E-state index contributed by atoms with van der Waals surface area (Å²) in [6.45, 7) is 13.7. The van der Waals surface area contributed by atoms with Crippen LogP contribution in [0, 0.1) is 35.0 Å². The van der Waals surface area contributed by atoms with Crippen LogP contribution in [-0.2, 0) is 10.2 Å². The molecule has 0 heterocycles. The first-order valence-corrected chi connectivity index (χ1v) is 12.9. The molecule has 3 fully saturated rings. The third-order valence-electron chi connectivity index (χ3n) is 11.1. The van der Waals surface area contributed by atoms with Crippen LogP contribution in [0.2, 0.25) is 0 Å². The maximum Gasteiger partial charge on any atom is 0.186 e. The molecule has 4 aliphatic carbocycles. The Morgan fingerprint density at radius 1 is 0.971 bits per heavy atom. The van der Waals surface area contributed by atoms with Crippen LogP contribution in [0.4, 0.5) is 0 Å². The van der Waals surface area contributed by atoms with Gasteiger partial charge in [-0.1, -0.05) is 34.6 Å². The van der Waals surface area contributed by atoms with E-state index in [1.807, 2.05) is 13.0 Å². The quantitative estimate of drug-likeness (QED) is 0.494. The molecule has 0 bridgehead atoms. The maximum absolute atomic E-state index is 13.7. The first-order chi connectivity index (χ1) is 15.9. The fourth-order valence-electron chi connectivity index (χ4n) is 8.84. The van der Waals surface area contributed by atoms with Gasteiger partial charge in [0.25, 0.3) is 0 Å². The molecule has 184 valence electrons. The summed E-state index contributed by atoms with van der Waals surface area (Å²) < 4.78 is 11.3. The largest absolute Gasteiger partial charge is 0.493 e. The molecule has 4 nitrogen and oxygen atoms in total. The Balaban J connectivity index is 1.68. The Hall–Kier alpha value is -2.10. The number of ether oxygens (including phenoxy) is 2. The van der Waals surface area contributed by atoms with Gasteiger partial charge in [0, 0.05) is 28.9 Å². The van der Waals surface area contributed by atoms with Crippen molar-refractivity contribution in [1.29, 1.82) is 0 Å². The van der Waals surface area contributed by atoms with Gasteiger partial charge in [0.2, 0.25) is 0 Å². The van der Waals surface area contributed by atoms with E-state index < -0.39 is 0 Å². The van der Waals surface area contributed by atoms with Crippen molar-refractivity contribution in [3.63, 3.8) is 0 Å². The monoisotopic (exact) mass is 464 g/mol. The molecule has 0 aromatic heterocycles. The number of hydrogen-bond donors (Lipinski definition) is 0. The van der Waals surface area contributed by atoms with Gasteiger partial charge < -0.3 is 9.47 Å². The minimum atomic E-state index is -0.217. The van der Waals surface area contributed by atoms with Gasteiger partial charge >= 0.3 is 0 Å².